The highest BCUT2D eigenvalue weighted by atomic mass is 16.5. The van der Waals surface area contributed by atoms with Crippen molar-refractivity contribution < 1.29 is 33.8 Å². The largest absolute Gasteiger partial charge is 0.550 e. The number of ether oxygens (including phenoxy) is 1. The Kier molecular flexibility index (Phi) is 10.7. The topological polar surface area (TPSA) is 104 Å². The molecule has 0 aromatic carbocycles. The van der Waals surface area contributed by atoms with E-state index in [0.717, 1.165) is 12.8 Å². The van der Waals surface area contributed by atoms with Gasteiger partial charge in [-0.2, -0.15) is 0 Å². The van der Waals surface area contributed by atoms with Gasteiger partial charge in [0, 0.05) is 25.2 Å². The summed E-state index contributed by atoms with van der Waals surface area (Å²) in [6, 6.07) is 0. The number of unbranched alkanes of at least 4 members (excludes halogenated alkanes) is 2. The number of quaternary nitrogens is 1. The molecule has 0 aliphatic rings. The molecule has 0 fully saturated rings. The Morgan fingerprint density at radius 1 is 1.08 bits per heavy atom. The summed E-state index contributed by atoms with van der Waals surface area (Å²) in [4.78, 5) is 32.9. The molecule has 0 rings (SSSR count). The number of aliphatic carboxylic acids is 2. The minimum absolute atomic E-state index is 0.120. The van der Waals surface area contributed by atoms with E-state index in [1.54, 1.807) is 0 Å². The standard InChI is InChI=1S/C17H29NO6/c1-18(2,3)13-14(12-16(21)22)24-17(23)11-9-7-5-4-6-8-10-15(19)20/h4,6,14H,5,7-13H2,1-3H3,(H-,19,20,21,22)/b6-4+. The lowest BCUT2D eigenvalue weighted by atomic mass is 10.1. The highest BCUT2D eigenvalue weighted by Crippen LogP contribution is 2.09. The summed E-state index contributed by atoms with van der Waals surface area (Å²) in [6.45, 7) is 0.409. The fraction of sp³-hybridized carbons (Fsp3) is 0.706. The van der Waals surface area contributed by atoms with Crippen LogP contribution in [0.25, 0.3) is 0 Å². The monoisotopic (exact) mass is 343 g/mol. The first-order chi connectivity index (χ1) is 11.1. The zero-order valence-corrected chi connectivity index (χ0v) is 14.8. The number of esters is 1. The van der Waals surface area contributed by atoms with E-state index >= 15 is 0 Å². The number of carboxylic acids is 2. The average Bonchev–Trinajstić information content (AvgIpc) is 2.38. The molecule has 0 radical (unpaired) electrons. The third kappa shape index (κ3) is 15.0. The van der Waals surface area contributed by atoms with E-state index < -0.39 is 24.0 Å². The number of likely N-dealkylation sites (N-methyl/N-ethyl adjacent to an activating group) is 1. The molecule has 0 saturated heterocycles. The molecular formula is C17H29NO6. The predicted octanol–water partition coefficient (Wildman–Crippen LogP) is 0.726. The number of nitrogens with zero attached hydrogens (tertiary/aromatic N) is 1. The first kappa shape index (κ1) is 22.1. The Bertz CT molecular complexity index is 439. The molecule has 0 aliphatic heterocycles. The van der Waals surface area contributed by atoms with Crippen LogP contribution in [0.3, 0.4) is 0 Å². The van der Waals surface area contributed by atoms with Crippen molar-refractivity contribution in [3.8, 4) is 0 Å². The van der Waals surface area contributed by atoms with Crippen LogP contribution in [0.5, 0.6) is 0 Å². The van der Waals surface area contributed by atoms with Crippen LogP contribution in [0.15, 0.2) is 12.2 Å². The van der Waals surface area contributed by atoms with Gasteiger partial charge in [-0.05, 0) is 25.7 Å². The van der Waals surface area contributed by atoms with E-state index in [2.05, 4.69) is 0 Å². The number of carboxylic acid groups (broad SMARTS) is 2. The van der Waals surface area contributed by atoms with Gasteiger partial charge in [-0.3, -0.25) is 9.59 Å². The summed E-state index contributed by atoms with van der Waals surface area (Å²) in [6.07, 6.45) is 5.82. The lowest BCUT2D eigenvalue weighted by molar-refractivity contribution is -0.873. The molecule has 1 N–H and O–H groups in total. The van der Waals surface area contributed by atoms with E-state index in [9.17, 15) is 19.5 Å². The maximum Gasteiger partial charge on any atom is 0.306 e. The Balaban J connectivity index is 3.99. The molecule has 0 saturated carbocycles. The Labute approximate surface area is 143 Å². The molecule has 138 valence electrons. The molecule has 7 heteroatoms. The van der Waals surface area contributed by atoms with Gasteiger partial charge >= 0.3 is 11.9 Å². The van der Waals surface area contributed by atoms with E-state index in [4.69, 9.17) is 9.84 Å². The van der Waals surface area contributed by atoms with Crippen molar-refractivity contribution in [1.82, 2.24) is 0 Å². The minimum atomic E-state index is -1.23. The van der Waals surface area contributed by atoms with Crippen molar-refractivity contribution in [1.29, 1.82) is 0 Å². The molecule has 0 bridgehead atoms. The van der Waals surface area contributed by atoms with Gasteiger partial charge in [-0.25, -0.2) is 0 Å². The fourth-order valence-electron chi connectivity index (χ4n) is 2.16. The minimum Gasteiger partial charge on any atom is -0.550 e. The SMILES string of the molecule is C[N+](C)(C)CC(CC(=O)[O-])OC(=O)CCCC/C=C/CCC(=O)O. The first-order valence-electron chi connectivity index (χ1n) is 8.16. The van der Waals surface area contributed by atoms with Gasteiger partial charge in [0.15, 0.2) is 6.10 Å². The Morgan fingerprint density at radius 2 is 1.71 bits per heavy atom. The average molecular weight is 343 g/mol. The molecule has 24 heavy (non-hydrogen) atoms. The van der Waals surface area contributed by atoms with Crippen molar-refractivity contribution >= 4 is 17.9 Å². The highest BCUT2D eigenvalue weighted by molar-refractivity contribution is 5.70. The van der Waals surface area contributed by atoms with Gasteiger partial charge in [0.05, 0.1) is 21.1 Å². The molecule has 7 nitrogen and oxygen atoms in total. The Hall–Kier alpha value is -1.89. The molecule has 0 aliphatic carbocycles. The molecular weight excluding hydrogens is 314 g/mol. The van der Waals surface area contributed by atoms with Crippen molar-refractivity contribution in [2.75, 3.05) is 27.7 Å². The molecule has 0 heterocycles. The third-order valence-corrected chi connectivity index (χ3v) is 3.14. The zero-order valence-electron chi connectivity index (χ0n) is 14.8. The van der Waals surface area contributed by atoms with Gasteiger partial charge in [0.2, 0.25) is 0 Å². The lowest BCUT2D eigenvalue weighted by Crippen LogP contribution is -2.45. The number of hydrogen-bond acceptors (Lipinski definition) is 5. The summed E-state index contributed by atoms with van der Waals surface area (Å²) in [5, 5.41) is 19.2. The number of carbonyl (C=O) groups is 3. The summed E-state index contributed by atoms with van der Waals surface area (Å²) in [5.74, 6) is -2.44. The second-order valence-corrected chi connectivity index (χ2v) is 6.81. The van der Waals surface area contributed by atoms with Crippen molar-refractivity contribution in [3.05, 3.63) is 12.2 Å². The number of rotatable bonds is 13. The van der Waals surface area contributed by atoms with Gasteiger partial charge in [0.1, 0.15) is 6.54 Å². The van der Waals surface area contributed by atoms with E-state index in [-0.39, 0.29) is 19.3 Å². The van der Waals surface area contributed by atoms with Crippen LogP contribution in [-0.2, 0) is 19.1 Å². The summed E-state index contributed by atoms with van der Waals surface area (Å²) >= 11 is 0. The summed E-state index contributed by atoms with van der Waals surface area (Å²) < 4.78 is 5.74. The maximum atomic E-state index is 11.8. The maximum absolute atomic E-state index is 11.8. The molecule has 1 atom stereocenters. The molecule has 0 spiro atoms. The number of carbonyl (C=O) groups excluding carboxylic acids is 2. The number of allylic oxidation sites excluding steroid dienone is 2. The summed E-state index contributed by atoms with van der Waals surface area (Å²) in [7, 11) is 5.69. The van der Waals surface area contributed by atoms with Crippen LogP contribution in [0.4, 0.5) is 0 Å². The van der Waals surface area contributed by atoms with E-state index in [0.29, 0.717) is 23.9 Å². The quantitative estimate of drug-likeness (QED) is 0.229. The molecule has 0 aromatic rings. The number of hydrogen-bond donors (Lipinski definition) is 1. The second kappa shape index (κ2) is 11.6. The van der Waals surface area contributed by atoms with Crippen molar-refractivity contribution in [2.24, 2.45) is 0 Å². The van der Waals surface area contributed by atoms with Crippen molar-refractivity contribution in [2.45, 2.75) is 51.0 Å². The Morgan fingerprint density at radius 3 is 2.25 bits per heavy atom. The van der Waals surface area contributed by atoms with Crippen molar-refractivity contribution in [3.63, 3.8) is 0 Å². The van der Waals surface area contributed by atoms with Crippen LogP contribution in [0, 0.1) is 0 Å². The van der Waals surface area contributed by atoms with Crippen LogP contribution in [0.2, 0.25) is 0 Å². The van der Waals surface area contributed by atoms with Crippen LogP contribution < -0.4 is 5.11 Å². The molecule has 0 aromatic heterocycles. The van der Waals surface area contributed by atoms with Crippen LogP contribution in [0.1, 0.15) is 44.9 Å². The molecule has 1 unspecified atom stereocenters. The zero-order chi connectivity index (χ0) is 18.6. The van der Waals surface area contributed by atoms with Gasteiger partial charge < -0.3 is 24.2 Å². The van der Waals surface area contributed by atoms with Gasteiger partial charge in [0.25, 0.3) is 0 Å². The van der Waals surface area contributed by atoms with Crippen LogP contribution in [-0.4, -0.2) is 61.3 Å². The molecule has 0 amide bonds. The van der Waals surface area contributed by atoms with E-state index in [1.165, 1.54) is 0 Å². The van der Waals surface area contributed by atoms with Gasteiger partial charge in [-0.15, -0.1) is 0 Å². The smallest absolute Gasteiger partial charge is 0.306 e. The fourth-order valence-corrected chi connectivity index (χ4v) is 2.16. The lowest BCUT2D eigenvalue weighted by Gasteiger charge is -2.29. The highest BCUT2D eigenvalue weighted by Gasteiger charge is 2.22. The second-order valence-electron chi connectivity index (χ2n) is 6.81. The van der Waals surface area contributed by atoms with Gasteiger partial charge in [-0.1, -0.05) is 12.2 Å². The van der Waals surface area contributed by atoms with E-state index in [1.807, 2.05) is 33.3 Å². The predicted molar refractivity (Wildman–Crippen MR) is 86.9 cm³/mol. The summed E-state index contributed by atoms with van der Waals surface area (Å²) in [5.41, 5.74) is 0. The normalized spacial score (nSPS) is 13.0. The first-order valence-corrected chi connectivity index (χ1v) is 8.16. The van der Waals surface area contributed by atoms with Crippen LogP contribution >= 0.6 is 0 Å². The third-order valence-electron chi connectivity index (χ3n) is 3.14.